The Hall–Kier alpha value is -2.55. The van der Waals surface area contributed by atoms with Crippen LogP contribution in [0.3, 0.4) is 0 Å². The average Bonchev–Trinajstić information content (AvgIpc) is 2.64. The fourth-order valence-corrected chi connectivity index (χ4v) is 1.93. The van der Waals surface area contributed by atoms with Crippen LogP contribution in [0, 0.1) is 0 Å². The van der Waals surface area contributed by atoms with Crippen molar-refractivity contribution in [3.63, 3.8) is 0 Å². The van der Waals surface area contributed by atoms with Crippen molar-refractivity contribution in [3.05, 3.63) is 60.2 Å². The molecule has 0 radical (unpaired) electrons. The molecule has 0 unspecified atom stereocenters. The Morgan fingerprint density at radius 2 is 2.00 bits per heavy atom. The van der Waals surface area contributed by atoms with E-state index in [0.29, 0.717) is 5.76 Å². The molecule has 0 aromatic heterocycles. The van der Waals surface area contributed by atoms with Gasteiger partial charge in [0.15, 0.2) is 5.75 Å². The second-order valence-electron chi connectivity index (χ2n) is 4.21. The van der Waals surface area contributed by atoms with Crippen LogP contribution < -0.4 is 4.74 Å². The van der Waals surface area contributed by atoms with E-state index in [9.17, 15) is 0 Å². The van der Waals surface area contributed by atoms with Crippen LogP contribution in [0.25, 0.3) is 5.76 Å². The topological polar surface area (TPSA) is 30.8 Å². The standard InChI is InChI=1S/C16H13NO2/c1-11(18-2)12-7-8-13-10-17-14-5-3-4-6-15(14)19-16(13)9-12/h3-10H,1H2,2H3. The molecule has 2 aromatic carbocycles. The lowest BCUT2D eigenvalue weighted by atomic mass is 10.1. The molecule has 3 heteroatoms. The zero-order chi connectivity index (χ0) is 13.2. The van der Waals surface area contributed by atoms with Crippen molar-refractivity contribution in [1.82, 2.24) is 0 Å². The number of hydrogen-bond donors (Lipinski definition) is 0. The van der Waals surface area contributed by atoms with Crippen LogP contribution >= 0.6 is 0 Å². The van der Waals surface area contributed by atoms with Crippen molar-refractivity contribution in [2.45, 2.75) is 0 Å². The van der Waals surface area contributed by atoms with Crippen LogP contribution in [0.1, 0.15) is 11.1 Å². The normalized spacial score (nSPS) is 11.8. The van der Waals surface area contributed by atoms with E-state index in [-0.39, 0.29) is 0 Å². The van der Waals surface area contributed by atoms with Gasteiger partial charge in [-0.15, -0.1) is 0 Å². The number of nitrogens with zero attached hydrogens (tertiary/aromatic N) is 1. The predicted molar refractivity (Wildman–Crippen MR) is 76.3 cm³/mol. The number of ether oxygens (including phenoxy) is 2. The van der Waals surface area contributed by atoms with Gasteiger partial charge in [0, 0.05) is 17.3 Å². The second-order valence-corrected chi connectivity index (χ2v) is 4.21. The molecule has 0 N–H and O–H groups in total. The van der Waals surface area contributed by atoms with E-state index >= 15 is 0 Å². The third kappa shape index (κ3) is 2.10. The first-order chi connectivity index (χ1) is 9.28. The summed E-state index contributed by atoms with van der Waals surface area (Å²) in [5, 5.41) is 0. The summed E-state index contributed by atoms with van der Waals surface area (Å²) < 4.78 is 11.1. The Labute approximate surface area is 111 Å². The van der Waals surface area contributed by atoms with E-state index in [1.165, 1.54) is 0 Å². The molecule has 94 valence electrons. The quantitative estimate of drug-likeness (QED) is 0.640. The summed E-state index contributed by atoms with van der Waals surface area (Å²) in [6.45, 7) is 3.85. The smallest absolute Gasteiger partial charge is 0.153 e. The van der Waals surface area contributed by atoms with Gasteiger partial charge in [-0.3, -0.25) is 4.99 Å². The highest BCUT2D eigenvalue weighted by Crippen LogP contribution is 2.36. The fourth-order valence-electron chi connectivity index (χ4n) is 1.93. The molecule has 2 aromatic rings. The van der Waals surface area contributed by atoms with Crippen LogP contribution in [-0.2, 0) is 4.74 Å². The number of methoxy groups -OCH3 is 1. The van der Waals surface area contributed by atoms with Gasteiger partial charge in [-0.25, -0.2) is 0 Å². The minimum absolute atomic E-state index is 0.612. The first-order valence-corrected chi connectivity index (χ1v) is 5.96. The van der Waals surface area contributed by atoms with E-state index in [4.69, 9.17) is 9.47 Å². The lowest BCUT2D eigenvalue weighted by Crippen LogP contribution is -1.92. The SMILES string of the molecule is C=C(OC)c1ccc2c(c1)Oc1ccccc1N=C2. The Bertz CT molecular complexity index is 674. The van der Waals surface area contributed by atoms with E-state index in [2.05, 4.69) is 11.6 Å². The summed E-state index contributed by atoms with van der Waals surface area (Å²) in [4.78, 5) is 4.42. The van der Waals surface area contributed by atoms with Gasteiger partial charge in [0.25, 0.3) is 0 Å². The molecule has 0 saturated heterocycles. The van der Waals surface area contributed by atoms with Crippen LogP contribution in [-0.4, -0.2) is 13.3 Å². The molecular weight excluding hydrogens is 238 g/mol. The van der Waals surface area contributed by atoms with Crippen LogP contribution in [0.4, 0.5) is 5.69 Å². The first-order valence-electron chi connectivity index (χ1n) is 5.96. The average molecular weight is 251 g/mol. The molecule has 1 heterocycles. The van der Waals surface area contributed by atoms with Crippen molar-refractivity contribution >= 4 is 17.7 Å². The number of rotatable bonds is 2. The van der Waals surface area contributed by atoms with Crippen molar-refractivity contribution < 1.29 is 9.47 Å². The Morgan fingerprint density at radius 1 is 1.16 bits per heavy atom. The monoisotopic (exact) mass is 251 g/mol. The third-order valence-corrected chi connectivity index (χ3v) is 3.01. The van der Waals surface area contributed by atoms with Gasteiger partial charge in [0.2, 0.25) is 0 Å². The number of hydrogen-bond acceptors (Lipinski definition) is 3. The van der Waals surface area contributed by atoms with Gasteiger partial charge in [-0.05, 0) is 24.3 Å². The highest BCUT2D eigenvalue weighted by molar-refractivity contribution is 5.88. The summed E-state index contributed by atoms with van der Waals surface area (Å²) in [6, 6.07) is 13.5. The molecular formula is C16H13NO2. The summed E-state index contributed by atoms with van der Waals surface area (Å²) in [7, 11) is 1.60. The largest absolute Gasteiger partial charge is 0.497 e. The van der Waals surface area contributed by atoms with Gasteiger partial charge in [-0.1, -0.05) is 24.8 Å². The maximum absolute atomic E-state index is 5.92. The summed E-state index contributed by atoms with van der Waals surface area (Å²) in [5.41, 5.74) is 2.66. The van der Waals surface area contributed by atoms with Crippen molar-refractivity contribution in [2.24, 2.45) is 4.99 Å². The molecule has 0 saturated carbocycles. The lowest BCUT2D eigenvalue weighted by Gasteiger charge is -2.10. The second kappa shape index (κ2) is 4.61. The van der Waals surface area contributed by atoms with Gasteiger partial charge < -0.3 is 9.47 Å². The van der Waals surface area contributed by atoms with Crippen LogP contribution in [0.5, 0.6) is 11.5 Å². The van der Waals surface area contributed by atoms with E-state index in [0.717, 1.165) is 28.3 Å². The molecule has 0 fully saturated rings. The molecule has 3 rings (SSSR count). The fraction of sp³-hybridized carbons (Fsp3) is 0.0625. The van der Waals surface area contributed by atoms with Crippen LogP contribution in [0.2, 0.25) is 0 Å². The molecule has 1 aliphatic heterocycles. The van der Waals surface area contributed by atoms with E-state index < -0.39 is 0 Å². The molecule has 0 bridgehead atoms. The highest BCUT2D eigenvalue weighted by Gasteiger charge is 2.12. The minimum Gasteiger partial charge on any atom is -0.497 e. The Balaban J connectivity index is 2.08. The number of benzene rings is 2. The highest BCUT2D eigenvalue weighted by atomic mass is 16.5. The van der Waals surface area contributed by atoms with Crippen LogP contribution in [0.15, 0.2) is 54.0 Å². The zero-order valence-corrected chi connectivity index (χ0v) is 10.6. The molecule has 0 atom stereocenters. The molecule has 19 heavy (non-hydrogen) atoms. The van der Waals surface area contributed by atoms with Gasteiger partial charge in [0.1, 0.15) is 17.2 Å². The lowest BCUT2D eigenvalue weighted by molar-refractivity contribution is 0.371. The Morgan fingerprint density at radius 3 is 2.84 bits per heavy atom. The molecule has 0 amide bonds. The van der Waals surface area contributed by atoms with E-state index in [1.54, 1.807) is 13.3 Å². The summed E-state index contributed by atoms with van der Waals surface area (Å²) in [6.07, 6.45) is 1.81. The number of para-hydroxylation sites is 2. The summed E-state index contributed by atoms with van der Waals surface area (Å²) in [5.74, 6) is 2.11. The van der Waals surface area contributed by atoms with Crippen molar-refractivity contribution in [3.8, 4) is 11.5 Å². The van der Waals surface area contributed by atoms with Gasteiger partial charge >= 0.3 is 0 Å². The maximum atomic E-state index is 5.92. The molecule has 3 nitrogen and oxygen atoms in total. The minimum atomic E-state index is 0.612. The number of fused-ring (bicyclic) bond motifs is 2. The third-order valence-electron chi connectivity index (χ3n) is 3.01. The number of aliphatic imine (C=N–C) groups is 1. The molecule has 0 aliphatic carbocycles. The first kappa shape index (κ1) is 11.5. The van der Waals surface area contributed by atoms with Crippen molar-refractivity contribution in [1.29, 1.82) is 0 Å². The van der Waals surface area contributed by atoms with Crippen molar-refractivity contribution in [2.75, 3.05) is 7.11 Å². The maximum Gasteiger partial charge on any atom is 0.153 e. The van der Waals surface area contributed by atoms with E-state index in [1.807, 2.05) is 42.5 Å². The summed E-state index contributed by atoms with van der Waals surface area (Å²) >= 11 is 0. The van der Waals surface area contributed by atoms with Gasteiger partial charge in [0.05, 0.1) is 7.11 Å². The zero-order valence-electron chi connectivity index (χ0n) is 10.6. The van der Waals surface area contributed by atoms with Gasteiger partial charge in [-0.2, -0.15) is 0 Å². The Kier molecular flexibility index (Phi) is 2.80. The molecule has 1 aliphatic rings. The predicted octanol–water partition coefficient (Wildman–Crippen LogP) is 4.16. The molecule has 0 spiro atoms.